The fourth-order valence-corrected chi connectivity index (χ4v) is 8.78. The topological polar surface area (TPSA) is 59.1 Å². The van der Waals surface area contributed by atoms with E-state index in [0.29, 0.717) is 41.2 Å². The highest BCUT2D eigenvalue weighted by Gasteiger charge is 2.60. The molecule has 3 aliphatic carbocycles. The fraction of sp³-hybridized carbons (Fsp3) is 0.667. The van der Waals surface area contributed by atoms with Crippen LogP contribution >= 0.6 is 0 Å². The number of likely N-dealkylation sites (N-methyl/N-ethyl adjacent to an activating group) is 1. The molecule has 0 N–H and O–H groups in total. The number of methoxy groups -OCH3 is 2. The number of anilines is 1. The average molecular weight is 495 g/mol. The second kappa shape index (κ2) is 9.11. The summed E-state index contributed by atoms with van der Waals surface area (Å²) in [6, 6.07) is 6.08. The van der Waals surface area contributed by atoms with Crippen molar-refractivity contribution in [2.45, 2.75) is 65.3 Å². The zero-order valence-electron chi connectivity index (χ0n) is 22.8. The normalized spacial score (nSPS) is 37.1. The van der Waals surface area contributed by atoms with Crippen molar-refractivity contribution in [1.29, 1.82) is 0 Å². The molecule has 0 spiro atoms. The molecule has 7 atom stereocenters. The number of ether oxygens (including phenoxy) is 2. The number of amides is 2. The Hall–Kier alpha value is -2.50. The first-order chi connectivity index (χ1) is 17.1. The summed E-state index contributed by atoms with van der Waals surface area (Å²) in [5.41, 5.74) is 1.17. The van der Waals surface area contributed by atoms with Crippen molar-refractivity contribution in [3.05, 3.63) is 30.4 Å². The lowest BCUT2D eigenvalue weighted by Crippen LogP contribution is -2.59. The lowest BCUT2D eigenvalue weighted by Gasteiger charge is -2.60. The first-order valence-corrected chi connectivity index (χ1v) is 13.6. The minimum atomic E-state index is 0.0655. The number of hydrogen-bond acceptors (Lipinski definition) is 4. The second-order valence-electron chi connectivity index (χ2n) is 12.1. The molecule has 6 heteroatoms. The number of carbonyl (C=O) groups excluding carboxylic acids is 2. The summed E-state index contributed by atoms with van der Waals surface area (Å²) in [4.78, 5) is 29.2. The number of carbonyl (C=O) groups is 2. The summed E-state index contributed by atoms with van der Waals surface area (Å²) >= 11 is 0. The van der Waals surface area contributed by atoms with E-state index >= 15 is 0 Å². The number of fused-ring (bicyclic) bond motifs is 5. The Bertz CT molecular complexity index is 1070. The number of rotatable bonds is 5. The van der Waals surface area contributed by atoms with Gasteiger partial charge in [-0.1, -0.05) is 19.9 Å². The highest BCUT2D eigenvalue weighted by Crippen LogP contribution is 2.65. The van der Waals surface area contributed by atoms with E-state index in [4.69, 9.17) is 9.47 Å². The SMILES string of the molecule is COc1ccc(N(C[C@H]2CC[C@H]3[C@@H]4CC[C@H]5N(C)C(=O)C=C[C@]5(C)[C@H]4CC[C@]23C)C(C)=O)cc1OC. The number of nitrogens with zero attached hydrogens (tertiary/aromatic N) is 2. The Balaban J connectivity index is 1.38. The molecule has 196 valence electrons. The molecule has 1 aromatic carbocycles. The summed E-state index contributed by atoms with van der Waals surface area (Å²) in [5.74, 6) is 3.98. The Kier molecular flexibility index (Phi) is 6.37. The molecule has 0 aromatic heterocycles. The Morgan fingerprint density at radius 3 is 2.50 bits per heavy atom. The molecule has 6 nitrogen and oxygen atoms in total. The van der Waals surface area contributed by atoms with E-state index in [1.54, 1.807) is 21.1 Å². The van der Waals surface area contributed by atoms with Gasteiger partial charge in [-0.25, -0.2) is 0 Å². The maximum Gasteiger partial charge on any atom is 0.246 e. The van der Waals surface area contributed by atoms with Crippen LogP contribution in [0.3, 0.4) is 0 Å². The first kappa shape index (κ1) is 25.2. The van der Waals surface area contributed by atoms with Gasteiger partial charge in [-0.05, 0) is 85.8 Å². The predicted octanol–water partition coefficient (Wildman–Crippen LogP) is 5.31. The summed E-state index contributed by atoms with van der Waals surface area (Å²) < 4.78 is 10.9. The highest BCUT2D eigenvalue weighted by atomic mass is 16.5. The molecule has 36 heavy (non-hydrogen) atoms. The van der Waals surface area contributed by atoms with Crippen molar-refractivity contribution < 1.29 is 19.1 Å². The molecule has 1 aliphatic heterocycles. The van der Waals surface area contributed by atoms with Crippen LogP contribution in [0.5, 0.6) is 11.5 Å². The molecule has 0 unspecified atom stereocenters. The van der Waals surface area contributed by atoms with Crippen LogP contribution in [0.2, 0.25) is 0 Å². The van der Waals surface area contributed by atoms with Crippen LogP contribution in [0, 0.1) is 34.5 Å². The summed E-state index contributed by atoms with van der Waals surface area (Å²) in [6.07, 6.45) is 11.1. The van der Waals surface area contributed by atoms with Crippen LogP contribution < -0.4 is 14.4 Å². The maximum atomic E-state index is 12.8. The smallest absolute Gasteiger partial charge is 0.246 e. The van der Waals surface area contributed by atoms with E-state index in [2.05, 4.69) is 19.9 Å². The minimum Gasteiger partial charge on any atom is -0.493 e. The van der Waals surface area contributed by atoms with E-state index in [0.717, 1.165) is 25.1 Å². The minimum absolute atomic E-state index is 0.0655. The maximum absolute atomic E-state index is 12.8. The second-order valence-corrected chi connectivity index (χ2v) is 12.1. The van der Waals surface area contributed by atoms with Gasteiger partial charge in [0, 0.05) is 43.7 Å². The zero-order valence-corrected chi connectivity index (χ0v) is 22.8. The van der Waals surface area contributed by atoms with Gasteiger partial charge in [0.1, 0.15) is 0 Å². The van der Waals surface area contributed by atoms with Crippen molar-refractivity contribution in [3.8, 4) is 11.5 Å². The van der Waals surface area contributed by atoms with E-state index in [1.807, 2.05) is 41.1 Å². The highest BCUT2D eigenvalue weighted by molar-refractivity contribution is 5.92. The molecule has 2 amide bonds. The van der Waals surface area contributed by atoms with Crippen molar-refractivity contribution in [2.75, 3.05) is 32.7 Å². The van der Waals surface area contributed by atoms with Gasteiger partial charge in [0.05, 0.1) is 14.2 Å². The summed E-state index contributed by atoms with van der Waals surface area (Å²) in [5, 5.41) is 0. The number of hydrogen-bond donors (Lipinski definition) is 0. The fourth-order valence-electron chi connectivity index (χ4n) is 8.78. The number of benzene rings is 1. The quantitative estimate of drug-likeness (QED) is 0.556. The molecule has 0 radical (unpaired) electrons. The van der Waals surface area contributed by atoms with Crippen molar-refractivity contribution >= 4 is 17.5 Å². The van der Waals surface area contributed by atoms with E-state index in [1.165, 1.54) is 25.7 Å². The third-order valence-corrected chi connectivity index (χ3v) is 10.8. The van der Waals surface area contributed by atoms with Gasteiger partial charge >= 0.3 is 0 Å². The van der Waals surface area contributed by atoms with Gasteiger partial charge in [-0.15, -0.1) is 0 Å². The van der Waals surface area contributed by atoms with Gasteiger partial charge < -0.3 is 19.3 Å². The van der Waals surface area contributed by atoms with Crippen molar-refractivity contribution in [3.63, 3.8) is 0 Å². The van der Waals surface area contributed by atoms with Crippen LogP contribution in [0.15, 0.2) is 30.4 Å². The Morgan fingerprint density at radius 2 is 1.81 bits per heavy atom. The van der Waals surface area contributed by atoms with E-state index in [-0.39, 0.29) is 22.6 Å². The molecule has 0 bridgehead atoms. The van der Waals surface area contributed by atoms with Crippen molar-refractivity contribution in [2.24, 2.45) is 34.5 Å². The molecule has 3 saturated carbocycles. The molecular weight excluding hydrogens is 452 g/mol. The first-order valence-electron chi connectivity index (χ1n) is 13.6. The van der Waals surface area contributed by atoms with Crippen LogP contribution in [-0.2, 0) is 9.59 Å². The standard InChI is InChI=1S/C30H42N2O4/c1-19(33)32(21-8-11-25(35-5)26(17-21)36-6)18-20-7-10-23-22-9-12-27-30(3,16-14-28(34)31(27)4)24(22)13-15-29(20,23)2/h8,11,14,16-17,20,22-24,27H,7,9-10,12-13,15,18H2,1-6H3/t20-,22+,23+,24+,27-,29-,30-/m1/s1. The van der Waals surface area contributed by atoms with Gasteiger partial charge in [0.25, 0.3) is 0 Å². The Labute approximate surface area is 216 Å². The molecule has 1 heterocycles. The van der Waals surface area contributed by atoms with E-state index in [9.17, 15) is 9.59 Å². The third-order valence-electron chi connectivity index (χ3n) is 10.8. The van der Waals surface area contributed by atoms with Crippen LogP contribution in [0.25, 0.3) is 0 Å². The third kappa shape index (κ3) is 3.74. The zero-order chi connectivity index (χ0) is 25.8. The van der Waals surface area contributed by atoms with Gasteiger partial charge in [-0.2, -0.15) is 0 Å². The largest absolute Gasteiger partial charge is 0.493 e. The molecule has 4 aliphatic rings. The lowest BCUT2D eigenvalue weighted by atomic mass is 9.47. The Morgan fingerprint density at radius 1 is 1.06 bits per heavy atom. The van der Waals surface area contributed by atoms with E-state index < -0.39 is 0 Å². The molecule has 5 rings (SSSR count). The molecule has 1 aromatic rings. The summed E-state index contributed by atoms with van der Waals surface area (Å²) in [6.45, 7) is 7.31. The van der Waals surface area contributed by atoms with Crippen molar-refractivity contribution in [1.82, 2.24) is 4.90 Å². The van der Waals surface area contributed by atoms with Gasteiger partial charge in [-0.3, -0.25) is 9.59 Å². The molecule has 3 fully saturated rings. The molecule has 0 saturated heterocycles. The summed E-state index contributed by atoms with van der Waals surface area (Å²) in [7, 11) is 5.24. The van der Waals surface area contributed by atoms with Gasteiger partial charge in [0.2, 0.25) is 11.8 Å². The monoisotopic (exact) mass is 494 g/mol. The lowest BCUT2D eigenvalue weighted by molar-refractivity contribution is -0.138. The predicted molar refractivity (Wildman–Crippen MR) is 141 cm³/mol. The van der Waals surface area contributed by atoms with Crippen LogP contribution in [-0.4, -0.2) is 50.6 Å². The molecular formula is C30H42N2O4. The average Bonchev–Trinajstić information content (AvgIpc) is 3.20. The van der Waals surface area contributed by atoms with Gasteiger partial charge in [0.15, 0.2) is 11.5 Å². The van der Waals surface area contributed by atoms with Crippen LogP contribution in [0.1, 0.15) is 59.3 Å². The van der Waals surface area contributed by atoms with Crippen LogP contribution in [0.4, 0.5) is 5.69 Å².